The summed E-state index contributed by atoms with van der Waals surface area (Å²) in [5, 5.41) is 117. The predicted molar refractivity (Wildman–Crippen MR) is 173 cm³/mol. The minimum atomic E-state index is -1.76. The number of aliphatic hydroxyl groups is 11. The smallest absolute Gasteiger partial charge is 0.187 e. The second-order valence-corrected chi connectivity index (χ2v) is 16.5. The van der Waals surface area contributed by atoms with Crippen molar-refractivity contribution in [1.29, 1.82) is 0 Å². The Morgan fingerprint density at radius 3 is 1.81 bits per heavy atom. The number of hydrogen-bond donors (Lipinski definition) is 11. The van der Waals surface area contributed by atoms with Crippen molar-refractivity contribution in [2.24, 2.45) is 23.7 Å². The molecule has 0 aromatic heterocycles. The van der Waals surface area contributed by atoms with Gasteiger partial charge in [0.15, 0.2) is 12.6 Å². The van der Waals surface area contributed by atoms with E-state index in [0.29, 0.717) is 32.1 Å². The number of hydrogen-bond acceptors (Lipinski definition) is 17. The Hall–Kier alpha value is -0.680. The van der Waals surface area contributed by atoms with Gasteiger partial charge in [0.25, 0.3) is 0 Å². The Kier molecular flexibility index (Phi) is 12.2. The van der Waals surface area contributed by atoms with E-state index >= 15 is 0 Å². The van der Waals surface area contributed by atoms with Gasteiger partial charge < -0.3 is 84.6 Å². The van der Waals surface area contributed by atoms with Crippen LogP contribution in [0.2, 0.25) is 0 Å². The van der Waals surface area contributed by atoms with E-state index in [0.717, 1.165) is 12.8 Å². The van der Waals surface area contributed by atoms with Crippen LogP contribution in [0, 0.1) is 23.7 Å². The van der Waals surface area contributed by atoms with Crippen LogP contribution in [0.25, 0.3) is 0 Å². The lowest BCUT2D eigenvalue weighted by Gasteiger charge is -2.59. The number of ether oxygens (including phenoxy) is 6. The van der Waals surface area contributed by atoms with Crippen LogP contribution in [0.5, 0.6) is 0 Å². The van der Waals surface area contributed by atoms with Crippen LogP contribution in [0.15, 0.2) is 0 Å². The highest BCUT2D eigenvalue weighted by Gasteiger charge is 2.60. The first kappa shape index (κ1) is 39.6. The zero-order chi connectivity index (χ0) is 37.2. The molecular weight excluding hydrogens is 692 g/mol. The molecule has 4 heterocycles. The van der Waals surface area contributed by atoms with E-state index in [2.05, 4.69) is 0 Å². The Morgan fingerprint density at radius 1 is 0.519 bits per heavy atom. The van der Waals surface area contributed by atoms with E-state index < -0.39 is 117 Å². The van der Waals surface area contributed by atoms with Crippen molar-refractivity contribution in [3.63, 3.8) is 0 Å². The summed E-state index contributed by atoms with van der Waals surface area (Å²) in [6.45, 7) is 1.02. The molecular formula is C35H58O17. The van der Waals surface area contributed by atoms with Gasteiger partial charge in [0, 0.05) is 5.92 Å². The van der Waals surface area contributed by atoms with Gasteiger partial charge in [-0.15, -0.1) is 0 Å². The van der Waals surface area contributed by atoms with Crippen LogP contribution >= 0.6 is 0 Å². The summed E-state index contributed by atoms with van der Waals surface area (Å²) in [5.74, 6) is -0.898. The minimum Gasteiger partial charge on any atom is -0.393 e. The third kappa shape index (κ3) is 7.70. The standard InChI is InChI=1S/C35H58O17/c1-12-25(40)28(43)30(45)34(48-12)47-11-23-27(42)29(44)31(46)35(51-23)52-33-17-10-20(13-2-4-15(36)5-3-13)49-21-8-16(37)9-22(24(17)21)50-32(33)14-6-18(38)26(41)19(39)7-14/h12-46H,2-11H2,1H3. The van der Waals surface area contributed by atoms with Gasteiger partial charge in [0.1, 0.15) is 48.8 Å². The molecule has 7 aliphatic rings. The van der Waals surface area contributed by atoms with Crippen molar-refractivity contribution in [3.05, 3.63) is 0 Å². The first-order valence-corrected chi connectivity index (χ1v) is 19.1. The summed E-state index contributed by atoms with van der Waals surface area (Å²) in [4.78, 5) is 0. The zero-order valence-electron chi connectivity index (χ0n) is 29.3. The quantitative estimate of drug-likeness (QED) is 0.120. The SMILES string of the molecule is CC1OC(OCC2OC(OC3C4CC(C5CCC(O)CC5)OC5CC(O)CC(OC3C3CC(O)C(O)C(O)C3)C54)C(O)C(O)C2O)C(O)C(O)C1O. The minimum absolute atomic E-state index is 0.0772. The number of rotatable bonds is 7. The second kappa shape index (κ2) is 16.1. The molecule has 20 unspecified atom stereocenters. The van der Waals surface area contributed by atoms with Crippen LogP contribution in [-0.4, -0.2) is 185 Å². The topological polar surface area (TPSA) is 278 Å². The van der Waals surface area contributed by atoms with Crippen LogP contribution < -0.4 is 0 Å². The molecule has 11 N–H and O–H groups in total. The summed E-state index contributed by atoms with van der Waals surface area (Å²) < 4.78 is 37.3. The average molecular weight is 751 g/mol. The molecule has 4 aliphatic heterocycles. The molecule has 0 bridgehead atoms. The lowest BCUT2D eigenvalue weighted by atomic mass is 9.63. The highest BCUT2D eigenvalue weighted by atomic mass is 16.7. The maximum atomic E-state index is 11.2. The molecule has 0 aromatic rings. The third-order valence-corrected chi connectivity index (χ3v) is 13.1. The molecule has 0 radical (unpaired) electrons. The van der Waals surface area contributed by atoms with E-state index in [1.165, 1.54) is 6.92 Å². The first-order valence-electron chi connectivity index (χ1n) is 19.1. The second-order valence-electron chi connectivity index (χ2n) is 16.5. The van der Waals surface area contributed by atoms with Crippen molar-refractivity contribution in [2.75, 3.05) is 6.61 Å². The van der Waals surface area contributed by atoms with E-state index in [1.807, 2.05) is 0 Å². The molecule has 7 rings (SSSR count). The normalized spacial score (nSPS) is 57.2. The summed E-state index contributed by atoms with van der Waals surface area (Å²) in [6.07, 6.45) is -18.3. The average Bonchev–Trinajstić information content (AvgIpc) is 3.11. The summed E-state index contributed by atoms with van der Waals surface area (Å²) in [6, 6.07) is 0. The van der Waals surface area contributed by atoms with Gasteiger partial charge in [-0.05, 0) is 82.5 Å². The maximum Gasteiger partial charge on any atom is 0.187 e. The molecule has 3 saturated carbocycles. The molecule has 0 aromatic carbocycles. The van der Waals surface area contributed by atoms with Crippen LogP contribution in [-0.2, 0) is 28.4 Å². The Balaban J connectivity index is 1.15. The van der Waals surface area contributed by atoms with Gasteiger partial charge in [0.2, 0.25) is 0 Å². The molecule has 20 atom stereocenters. The van der Waals surface area contributed by atoms with Crippen LogP contribution in [0.1, 0.15) is 64.7 Å². The van der Waals surface area contributed by atoms with Gasteiger partial charge in [-0.1, -0.05) is 0 Å². The molecule has 7 fully saturated rings. The maximum absolute atomic E-state index is 11.2. The van der Waals surface area contributed by atoms with E-state index in [9.17, 15) is 56.2 Å². The summed E-state index contributed by atoms with van der Waals surface area (Å²) in [5.41, 5.74) is 0. The van der Waals surface area contributed by atoms with E-state index in [1.54, 1.807) is 0 Å². The molecule has 52 heavy (non-hydrogen) atoms. The van der Waals surface area contributed by atoms with Crippen molar-refractivity contribution in [3.8, 4) is 0 Å². The molecule has 17 heteroatoms. The lowest BCUT2D eigenvalue weighted by molar-refractivity contribution is -0.360. The fraction of sp³-hybridized carbons (Fsp3) is 1.00. The zero-order valence-corrected chi connectivity index (χ0v) is 29.3. The Bertz CT molecular complexity index is 1160. The van der Waals surface area contributed by atoms with Crippen LogP contribution in [0.4, 0.5) is 0 Å². The van der Waals surface area contributed by atoms with Gasteiger partial charge in [-0.25, -0.2) is 0 Å². The molecule has 300 valence electrons. The van der Waals surface area contributed by atoms with Gasteiger partial charge in [-0.3, -0.25) is 0 Å². The Labute approximate surface area is 302 Å². The molecule has 4 saturated heterocycles. The Morgan fingerprint density at radius 2 is 1.13 bits per heavy atom. The first-order chi connectivity index (χ1) is 24.7. The predicted octanol–water partition coefficient (Wildman–Crippen LogP) is -3.62. The largest absolute Gasteiger partial charge is 0.393 e. The fourth-order valence-corrected chi connectivity index (χ4v) is 10.1. The van der Waals surface area contributed by atoms with E-state index in [4.69, 9.17) is 28.4 Å². The van der Waals surface area contributed by atoms with Crippen molar-refractivity contribution in [2.45, 2.75) is 187 Å². The molecule has 0 amide bonds. The van der Waals surface area contributed by atoms with Crippen LogP contribution in [0.3, 0.4) is 0 Å². The summed E-state index contributed by atoms with van der Waals surface area (Å²) in [7, 11) is 0. The van der Waals surface area contributed by atoms with Crippen molar-refractivity contribution < 1.29 is 84.6 Å². The van der Waals surface area contributed by atoms with Gasteiger partial charge in [-0.2, -0.15) is 0 Å². The third-order valence-electron chi connectivity index (χ3n) is 13.1. The molecule has 17 nitrogen and oxygen atoms in total. The highest BCUT2D eigenvalue weighted by molar-refractivity contribution is 5.07. The highest BCUT2D eigenvalue weighted by Crippen LogP contribution is 2.52. The molecule has 3 aliphatic carbocycles. The molecule has 0 spiro atoms. The van der Waals surface area contributed by atoms with Crippen molar-refractivity contribution in [1.82, 2.24) is 0 Å². The monoisotopic (exact) mass is 750 g/mol. The lowest BCUT2D eigenvalue weighted by Crippen LogP contribution is -2.67. The fourth-order valence-electron chi connectivity index (χ4n) is 10.1. The number of aliphatic hydroxyl groups excluding tert-OH is 11. The van der Waals surface area contributed by atoms with Crippen molar-refractivity contribution >= 4 is 0 Å². The van der Waals surface area contributed by atoms with E-state index in [-0.39, 0.29) is 48.9 Å². The summed E-state index contributed by atoms with van der Waals surface area (Å²) >= 11 is 0. The van der Waals surface area contributed by atoms with Gasteiger partial charge >= 0.3 is 0 Å². The van der Waals surface area contributed by atoms with Gasteiger partial charge in [0.05, 0.1) is 67.6 Å².